The van der Waals surface area contributed by atoms with E-state index in [4.69, 9.17) is 9.47 Å². The molecule has 1 amide bonds. The van der Waals surface area contributed by atoms with Gasteiger partial charge in [0, 0.05) is 18.3 Å². The number of carbonyl (C=O) groups excluding carboxylic acids is 1. The van der Waals surface area contributed by atoms with Gasteiger partial charge in [-0.3, -0.25) is 10.3 Å². The van der Waals surface area contributed by atoms with Gasteiger partial charge in [-0.15, -0.1) is 0 Å². The van der Waals surface area contributed by atoms with Crippen LogP contribution in [0.25, 0.3) is 0 Å². The lowest BCUT2D eigenvalue weighted by atomic mass is 10.1. The standard InChI is InChI=1S/C21H33N3O5S/c1-14-16-13-15(22-7)9-10-17(16)28-11-8-12-30(26,27)21(5,6)18(23-14)24-19(25)29-20(2,3)4/h9-10,13-14,22H,8,11-12H2,1-7H3,(H,23,24,25). The molecule has 168 valence electrons. The van der Waals surface area contributed by atoms with Crippen LogP contribution in [0.15, 0.2) is 23.2 Å². The fraction of sp³-hybridized carbons (Fsp3) is 0.619. The Balaban J connectivity index is 2.57. The Kier molecular flexibility index (Phi) is 7.06. The lowest BCUT2D eigenvalue weighted by Crippen LogP contribution is -2.52. The van der Waals surface area contributed by atoms with Crippen molar-refractivity contribution in [1.29, 1.82) is 0 Å². The topological polar surface area (TPSA) is 106 Å². The zero-order valence-electron chi connectivity index (χ0n) is 18.8. The molecule has 0 fully saturated rings. The van der Waals surface area contributed by atoms with Gasteiger partial charge < -0.3 is 14.8 Å². The van der Waals surface area contributed by atoms with Crippen LogP contribution in [-0.4, -0.2) is 50.1 Å². The summed E-state index contributed by atoms with van der Waals surface area (Å²) >= 11 is 0. The Hall–Kier alpha value is -2.29. The van der Waals surface area contributed by atoms with E-state index in [1.165, 1.54) is 0 Å². The van der Waals surface area contributed by atoms with E-state index in [1.54, 1.807) is 34.6 Å². The second-order valence-electron chi connectivity index (χ2n) is 8.81. The lowest BCUT2D eigenvalue weighted by molar-refractivity contribution is 0.0561. The first-order valence-electron chi connectivity index (χ1n) is 10.0. The van der Waals surface area contributed by atoms with Crippen LogP contribution < -0.4 is 15.4 Å². The highest BCUT2D eigenvalue weighted by molar-refractivity contribution is 7.93. The van der Waals surface area contributed by atoms with E-state index in [2.05, 4.69) is 15.6 Å². The molecule has 0 aliphatic carbocycles. The molecule has 0 saturated carbocycles. The summed E-state index contributed by atoms with van der Waals surface area (Å²) in [6, 6.07) is 5.17. The van der Waals surface area contributed by atoms with Crippen LogP contribution >= 0.6 is 0 Å². The first-order valence-corrected chi connectivity index (χ1v) is 11.7. The van der Waals surface area contributed by atoms with Gasteiger partial charge in [-0.1, -0.05) is 0 Å². The van der Waals surface area contributed by atoms with Gasteiger partial charge in [-0.25, -0.2) is 13.2 Å². The molecule has 0 bridgehead atoms. The molecule has 1 atom stereocenters. The quantitative estimate of drug-likeness (QED) is 0.691. The maximum absolute atomic E-state index is 13.1. The predicted molar refractivity (Wildman–Crippen MR) is 119 cm³/mol. The minimum atomic E-state index is -3.63. The zero-order valence-corrected chi connectivity index (χ0v) is 19.6. The van der Waals surface area contributed by atoms with Crippen LogP contribution in [0.1, 0.15) is 59.6 Å². The van der Waals surface area contributed by atoms with Gasteiger partial charge in [0.05, 0.1) is 18.4 Å². The van der Waals surface area contributed by atoms with Gasteiger partial charge in [-0.05, 0) is 66.2 Å². The first kappa shape index (κ1) is 24.0. The number of hydrogen-bond acceptors (Lipinski definition) is 7. The Bertz CT molecular complexity index is 917. The van der Waals surface area contributed by atoms with Crippen molar-refractivity contribution < 1.29 is 22.7 Å². The fourth-order valence-corrected chi connectivity index (χ4v) is 4.40. The van der Waals surface area contributed by atoms with Gasteiger partial charge in [0.15, 0.2) is 9.84 Å². The number of carbonyl (C=O) groups is 1. The van der Waals surface area contributed by atoms with E-state index in [-0.39, 0.29) is 18.2 Å². The van der Waals surface area contributed by atoms with Gasteiger partial charge in [0.2, 0.25) is 0 Å². The number of ether oxygens (including phenoxy) is 2. The summed E-state index contributed by atoms with van der Waals surface area (Å²) in [7, 11) is -1.82. The second kappa shape index (κ2) is 8.83. The monoisotopic (exact) mass is 439 g/mol. The third kappa shape index (κ3) is 5.65. The number of rotatable bonds is 1. The molecule has 0 aromatic heterocycles. The van der Waals surface area contributed by atoms with E-state index in [0.29, 0.717) is 12.2 Å². The van der Waals surface area contributed by atoms with Gasteiger partial charge >= 0.3 is 6.09 Å². The lowest BCUT2D eigenvalue weighted by Gasteiger charge is -2.29. The van der Waals surface area contributed by atoms with Crippen LogP contribution in [0.3, 0.4) is 0 Å². The molecular formula is C21H33N3O5S. The molecule has 1 heterocycles. The summed E-state index contributed by atoms with van der Waals surface area (Å²) in [5, 5.41) is 5.68. The molecule has 1 unspecified atom stereocenters. The largest absolute Gasteiger partial charge is 0.493 e. The van der Waals surface area contributed by atoms with Crippen LogP contribution in [0.5, 0.6) is 5.75 Å². The van der Waals surface area contributed by atoms with E-state index >= 15 is 0 Å². The number of benzene rings is 1. The first-order chi connectivity index (χ1) is 13.8. The molecule has 2 rings (SSSR count). The minimum absolute atomic E-state index is 0.0481. The Morgan fingerprint density at radius 1 is 1.30 bits per heavy atom. The number of nitrogens with zero attached hydrogens (tertiary/aromatic N) is 1. The molecular weight excluding hydrogens is 406 g/mol. The molecule has 0 spiro atoms. The van der Waals surface area contributed by atoms with Crippen molar-refractivity contribution in [1.82, 2.24) is 5.32 Å². The van der Waals surface area contributed by atoms with Crippen molar-refractivity contribution in [2.45, 2.75) is 64.4 Å². The van der Waals surface area contributed by atoms with Crippen molar-refractivity contribution in [3.05, 3.63) is 23.8 Å². The normalized spacial score (nSPS) is 21.2. The SMILES string of the molecule is CNc1ccc2c(c1)C(C)N=C(NC(=O)OC(C)(C)C)C(C)(C)S(=O)(=O)CCCO2. The summed E-state index contributed by atoms with van der Waals surface area (Å²) in [5.74, 6) is 0.596. The van der Waals surface area contributed by atoms with Gasteiger partial charge in [-0.2, -0.15) is 0 Å². The number of amidine groups is 1. The number of nitrogens with one attached hydrogen (secondary N) is 2. The van der Waals surface area contributed by atoms with Crippen LogP contribution in [0.4, 0.5) is 10.5 Å². The molecule has 1 aromatic carbocycles. The maximum Gasteiger partial charge on any atom is 0.413 e. The van der Waals surface area contributed by atoms with Crippen molar-refractivity contribution in [2.24, 2.45) is 4.99 Å². The summed E-state index contributed by atoms with van der Waals surface area (Å²) in [6.45, 7) is 10.4. The number of aliphatic imine (C=N–C) groups is 1. The molecule has 0 radical (unpaired) electrons. The van der Waals surface area contributed by atoms with Crippen molar-refractivity contribution in [3.63, 3.8) is 0 Å². The average Bonchev–Trinajstić information content (AvgIpc) is 2.63. The maximum atomic E-state index is 13.1. The summed E-state index contributed by atoms with van der Waals surface area (Å²) in [5.41, 5.74) is 0.942. The summed E-state index contributed by atoms with van der Waals surface area (Å²) in [4.78, 5) is 17.1. The molecule has 1 aliphatic heterocycles. The number of anilines is 1. The predicted octanol–water partition coefficient (Wildman–Crippen LogP) is 3.69. The highest BCUT2D eigenvalue weighted by Crippen LogP contribution is 2.33. The molecule has 1 aromatic rings. The Labute approximate surface area is 179 Å². The van der Waals surface area contributed by atoms with E-state index in [9.17, 15) is 13.2 Å². The minimum Gasteiger partial charge on any atom is -0.493 e. The average molecular weight is 440 g/mol. The van der Waals surface area contributed by atoms with E-state index in [1.807, 2.05) is 32.2 Å². The molecule has 8 nitrogen and oxygen atoms in total. The second-order valence-corrected chi connectivity index (χ2v) is 11.5. The van der Waals surface area contributed by atoms with E-state index < -0.39 is 32.3 Å². The van der Waals surface area contributed by atoms with Crippen molar-refractivity contribution in [2.75, 3.05) is 24.7 Å². The number of hydrogen-bond donors (Lipinski definition) is 2. The van der Waals surface area contributed by atoms with Crippen molar-refractivity contribution in [3.8, 4) is 5.75 Å². The third-order valence-corrected chi connectivity index (χ3v) is 7.43. The highest BCUT2D eigenvalue weighted by atomic mass is 32.2. The number of sulfone groups is 1. The molecule has 2 N–H and O–H groups in total. The van der Waals surface area contributed by atoms with E-state index in [0.717, 1.165) is 11.3 Å². The van der Waals surface area contributed by atoms with Gasteiger partial charge in [0.25, 0.3) is 0 Å². The van der Waals surface area contributed by atoms with Gasteiger partial charge in [0.1, 0.15) is 21.9 Å². The smallest absolute Gasteiger partial charge is 0.413 e. The summed E-state index contributed by atoms with van der Waals surface area (Å²) < 4.78 is 35.9. The molecule has 30 heavy (non-hydrogen) atoms. The number of fused-ring (bicyclic) bond motifs is 1. The van der Waals surface area contributed by atoms with Crippen LogP contribution in [-0.2, 0) is 14.6 Å². The summed E-state index contributed by atoms with van der Waals surface area (Å²) in [6.07, 6.45) is -0.417. The highest BCUT2D eigenvalue weighted by Gasteiger charge is 2.41. The van der Waals surface area contributed by atoms with Crippen LogP contribution in [0.2, 0.25) is 0 Å². The fourth-order valence-electron chi connectivity index (χ4n) is 3.00. The Morgan fingerprint density at radius 3 is 2.57 bits per heavy atom. The number of amides is 1. The van der Waals surface area contributed by atoms with Crippen LogP contribution in [0, 0.1) is 0 Å². The number of alkyl carbamates (subject to hydrolysis) is 1. The third-order valence-electron chi connectivity index (χ3n) is 4.85. The Morgan fingerprint density at radius 2 is 1.97 bits per heavy atom. The zero-order chi connectivity index (χ0) is 22.7. The molecule has 0 saturated heterocycles. The molecule has 9 heteroatoms. The van der Waals surface area contributed by atoms with Crippen molar-refractivity contribution >= 4 is 27.5 Å². The molecule has 1 aliphatic rings.